The smallest absolute Gasteiger partial charge is 0.550 e. The number of carbonyl (C=O) groups excluding carboxylic acids is 3. The Balaban J connectivity index is 0.000000357. The average Bonchev–Trinajstić information content (AvgIpc) is 3.32. The van der Waals surface area contributed by atoms with Crippen molar-refractivity contribution >= 4 is 29.9 Å². The Labute approximate surface area is 351 Å². The summed E-state index contributed by atoms with van der Waals surface area (Å²) in [6.07, 6.45) is 4.71. The van der Waals surface area contributed by atoms with Gasteiger partial charge in [-0.15, -0.1) is 0 Å². The third-order valence-electron chi connectivity index (χ3n) is 9.26. The quantitative estimate of drug-likeness (QED) is 0.0662. The number of aliphatic hydroxyl groups excluding tert-OH is 2. The van der Waals surface area contributed by atoms with Crippen molar-refractivity contribution < 1.29 is 68.4 Å². The van der Waals surface area contributed by atoms with Gasteiger partial charge in [-0.05, 0) is 85.1 Å². The molecular weight excluding hydrogens is 720 g/mol. The molecule has 8 nitrogen and oxygen atoms in total. The van der Waals surface area contributed by atoms with Gasteiger partial charge in [0.1, 0.15) is 11.4 Å². The number of fused-ring (bicyclic) bond motifs is 3. The maximum atomic E-state index is 13.8. The molecule has 0 saturated heterocycles. The van der Waals surface area contributed by atoms with Crippen LogP contribution in [0.5, 0.6) is 0 Å². The van der Waals surface area contributed by atoms with E-state index >= 15 is 0 Å². The first-order valence-corrected chi connectivity index (χ1v) is 18.8. The summed E-state index contributed by atoms with van der Waals surface area (Å²) in [6, 6.07) is 22.4. The first kappa shape index (κ1) is 46.1. The summed E-state index contributed by atoms with van der Waals surface area (Å²) < 4.78 is 18.8. The zero-order chi connectivity index (χ0) is 40.2. The maximum Gasteiger partial charge on any atom is 1.00 e. The fourth-order valence-electron chi connectivity index (χ4n) is 6.52. The minimum Gasteiger partial charge on any atom is -0.550 e. The molecule has 0 aliphatic heterocycles. The van der Waals surface area contributed by atoms with Gasteiger partial charge < -0.3 is 24.9 Å². The molecule has 0 fully saturated rings. The number of Topliss-reactive ketones (excluding diaryl/α,β-unsaturated/α-hetero) is 1. The van der Waals surface area contributed by atoms with E-state index in [0.29, 0.717) is 0 Å². The molecule has 5 rings (SSSR count). The number of ether oxygens (including phenoxy) is 1. The van der Waals surface area contributed by atoms with E-state index in [2.05, 4.69) is 26.0 Å². The van der Waals surface area contributed by atoms with Gasteiger partial charge in [-0.1, -0.05) is 106 Å². The molecule has 0 spiro atoms. The number of carbonyl (C=O) groups is 3. The second-order valence-electron chi connectivity index (χ2n) is 14.4. The minimum atomic E-state index is -1.37. The molecule has 4 aromatic rings. The molecule has 1 aliphatic carbocycles. The number of nitrogens with zero attached hydrogens (tertiary/aromatic N) is 1. The zero-order valence-electron chi connectivity index (χ0n) is 33.5. The minimum absolute atomic E-state index is 0. The number of carboxylic acids is 1. The summed E-state index contributed by atoms with van der Waals surface area (Å²) in [6.45, 7) is 11.6. The molecule has 56 heavy (non-hydrogen) atoms. The van der Waals surface area contributed by atoms with Crippen LogP contribution in [0.4, 0.5) is 4.39 Å². The van der Waals surface area contributed by atoms with Crippen LogP contribution in [0.3, 0.4) is 0 Å². The monoisotopic (exact) mass is 771 g/mol. The molecule has 10 heteroatoms. The van der Waals surface area contributed by atoms with Gasteiger partial charge in [-0.2, -0.15) is 0 Å². The number of halogens is 1. The predicted octanol–water partition coefficient (Wildman–Crippen LogP) is 4.60. The van der Waals surface area contributed by atoms with Gasteiger partial charge in [0.05, 0.1) is 30.2 Å². The Morgan fingerprint density at radius 3 is 2.21 bits per heavy atom. The van der Waals surface area contributed by atoms with Gasteiger partial charge in [0.25, 0.3) is 0 Å². The van der Waals surface area contributed by atoms with Crippen LogP contribution in [0.2, 0.25) is 0 Å². The molecule has 0 radical (unpaired) electrons. The SMILES string of the molecule is CC(C)c1nc2c(c(-c3ccc(F)cc3)c1/C=C/C(O)CC(O)CC(=O)[O-])CCCc1ccccc1-2.CCOC(=O)C(=Cc1ccc(C)cc1)C(=O)C(C)C.[Na+]. The topological polar surface area (TPSA) is 137 Å². The van der Waals surface area contributed by atoms with E-state index in [-0.39, 0.29) is 71.6 Å². The zero-order valence-corrected chi connectivity index (χ0v) is 35.5. The molecule has 0 bridgehead atoms. The van der Waals surface area contributed by atoms with E-state index in [0.717, 1.165) is 69.6 Å². The third kappa shape index (κ3) is 12.6. The molecule has 2 unspecified atom stereocenters. The molecule has 1 aromatic heterocycles. The molecular formula is C46H51FNNaO7. The molecule has 0 amide bonds. The van der Waals surface area contributed by atoms with Gasteiger partial charge in [-0.25, -0.2) is 9.18 Å². The molecule has 3 aromatic carbocycles. The first-order chi connectivity index (χ1) is 26.2. The Morgan fingerprint density at radius 1 is 0.946 bits per heavy atom. The van der Waals surface area contributed by atoms with E-state index in [1.54, 1.807) is 51.1 Å². The second-order valence-corrected chi connectivity index (χ2v) is 14.4. The largest absolute Gasteiger partial charge is 1.00 e. The summed E-state index contributed by atoms with van der Waals surface area (Å²) in [7, 11) is 0. The summed E-state index contributed by atoms with van der Waals surface area (Å²) in [5.41, 5.74) is 9.96. The van der Waals surface area contributed by atoms with Crippen LogP contribution in [0.15, 0.2) is 84.4 Å². The van der Waals surface area contributed by atoms with Crippen molar-refractivity contribution in [1.82, 2.24) is 4.98 Å². The number of carboxylic acid groups (broad SMARTS) is 1. The number of pyridine rings is 1. The van der Waals surface area contributed by atoms with Crippen LogP contribution in [0, 0.1) is 18.7 Å². The number of aromatic nitrogens is 1. The number of aryl methyl sites for hydroxylation is 2. The Hall–Kier alpha value is -4.25. The fraction of sp³-hybridized carbons (Fsp3) is 0.348. The van der Waals surface area contributed by atoms with Gasteiger partial charge in [0.2, 0.25) is 0 Å². The first-order valence-electron chi connectivity index (χ1n) is 18.8. The maximum absolute atomic E-state index is 13.8. The number of hydrogen-bond acceptors (Lipinski definition) is 8. The van der Waals surface area contributed by atoms with Gasteiger partial charge in [-0.3, -0.25) is 9.78 Å². The summed E-state index contributed by atoms with van der Waals surface area (Å²) in [4.78, 5) is 39.8. The van der Waals surface area contributed by atoms with E-state index < -0.39 is 30.6 Å². The molecule has 290 valence electrons. The summed E-state index contributed by atoms with van der Waals surface area (Å²) in [5, 5.41) is 31.2. The number of aliphatic hydroxyl groups is 2. The number of hydrogen-bond donors (Lipinski definition) is 2. The molecule has 0 saturated carbocycles. The molecule has 1 heterocycles. The van der Waals surface area contributed by atoms with E-state index in [9.17, 15) is 34.1 Å². The summed E-state index contributed by atoms with van der Waals surface area (Å²) >= 11 is 0. The normalized spacial score (nSPS) is 13.4. The Morgan fingerprint density at radius 2 is 1.61 bits per heavy atom. The second kappa shape index (κ2) is 21.9. The number of aliphatic carboxylic acids is 1. The van der Waals surface area contributed by atoms with E-state index in [1.807, 2.05) is 43.3 Å². The number of ketones is 1. The van der Waals surface area contributed by atoms with Crippen molar-refractivity contribution in [3.05, 3.63) is 124 Å². The Kier molecular flexibility index (Phi) is 18.0. The van der Waals surface area contributed by atoms with Crippen LogP contribution >= 0.6 is 0 Å². The van der Waals surface area contributed by atoms with Crippen molar-refractivity contribution in [1.29, 1.82) is 0 Å². The predicted molar refractivity (Wildman–Crippen MR) is 212 cm³/mol. The van der Waals surface area contributed by atoms with Gasteiger partial charge in [0.15, 0.2) is 5.78 Å². The van der Waals surface area contributed by atoms with E-state index in [4.69, 9.17) is 9.72 Å². The molecule has 2 atom stereocenters. The number of esters is 1. The van der Waals surface area contributed by atoms with E-state index in [1.165, 1.54) is 17.7 Å². The van der Waals surface area contributed by atoms with Gasteiger partial charge >= 0.3 is 35.5 Å². The fourth-order valence-corrected chi connectivity index (χ4v) is 6.52. The number of benzene rings is 3. The van der Waals surface area contributed by atoms with Crippen LogP contribution in [-0.4, -0.2) is 51.7 Å². The van der Waals surface area contributed by atoms with Crippen LogP contribution in [-0.2, 0) is 32.0 Å². The van der Waals surface area contributed by atoms with Crippen molar-refractivity contribution in [2.24, 2.45) is 5.92 Å². The van der Waals surface area contributed by atoms with Crippen LogP contribution < -0.4 is 34.7 Å². The number of rotatable bonds is 13. The molecule has 1 aliphatic rings. The van der Waals surface area contributed by atoms with Crippen molar-refractivity contribution in [2.75, 3.05) is 6.61 Å². The van der Waals surface area contributed by atoms with Crippen molar-refractivity contribution in [2.45, 2.75) is 91.8 Å². The van der Waals surface area contributed by atoms with Crippen LogP contribution in [0.1, 0.15) is 93.3 Å². The van der Waals surface area contributed by atoms with Crippen molar-refractivity contribution in [3.8, 4) is 22.4 Å². The summed E-state index contributed by atoms with van der Waals surface area (Å²) in [5.74, 6) is -2.61. The van der Waals surface area contributed by atoms with Crippen LogP contribution in [0.25, 0.3) is 34.5 Å². The Bertz CT molecular complexity index is 2020. The van der Waals surface area contributed by atoms with Gasteiger partial charge in [0, 0.05) is 35.9 Å². The van der Waals surface area contributed by atoms with Crippen molar-refractivity contribution in [3.63, 3.8) is 0 Å². The standard InChI is InChI=1S/C30H32FNO4.C16H20O3.Na/c1-18(2)29-26(15-14-22(33)16-23(34)17-27(35)36)28(20-10-12-21(31)13-11-20)25-9-5-7-19-6-3-4-8-24(19)30(25)32-29;1-5-19-16(18)14(15(17)11(2)3)10-13-8-6-12(4)7-9-13;/h3-4,6,8,10-15,18,22-23,33-34H,5,7,9,16-17H2,1-2H3,(H,35,36);6-11H,5H2,1-4H3;/q;;+1/p-1/b15-14+;;. The average molecular weight is 772 g/mol. The molecule has 2 N–H and O–H groups in total. The third-order valence-corrected chi connectivity index (χ3v) is 9.26.